The summed E-state index contributed by atoms with van der Waals surface area (Å²) in [5.74, 6) is 1.06. The first-order valence-corrected chi connectivity index (χ1v) is 7.16. The summed E-state index contributed by atoms with van der Waals surface area (Å²) < 4.78 is 0. The van der Waals surface area contributed by atoms with Crippen molar-refractivity contribution in [2.24, 2.45) is 5.92 Å². The normalized spacial score (nSPS) is 27.5. The zero-order valence-corrected chi connectivity index (χ0v) is 10.9. The van der Waals surface area contributed by atoms with Crippen molar-refractivity contribution in [3.63, 3.8) is 0 Å². The molecule has 2 aromatic rings. The standard InChI is InChI=1S/C18H18O/c19-18-15(10-13-6-2-4-8-17(13)18)11-14-9-12-5-1-3-7-16(12)14/h1-8,14-15,18-19H,9-11H2. The highest BCUT2D eigenvalue weighted by Gasteiger charge is 2.35. The van der Waals surface area contributed by atoms with Crippen molar-refractivity contribution in [1.29, 1.82) is 0 Å². The highest BCUT2D eigenvalue weighted by molar-refractivity contribution is 5.41. The van der Waals surface area contributed by atoms with E-state index in [0.29, 0.717) is 11.8 Å². The van der Waals surface area contributed by atoms with Gasteiger partial charge < -0.3 is 5.11 Å². The monoisotopic (exact) mass is 250 g/mol. The molecule has 2 aliphatic rings. The fourth-order valence-electron chi connectivity index (χ4n) is 3.81. The molecule has 1 N–H and O–H groups in total. The Kier molecular flexibility index (Phi) is 2.49. The summed E-state index contributed by atoms with van der Waals surface area (Å²) in [6.45, 7) is 0. The van der Waals surface area contributed by atoms with Crippen molar-refractivity contribution in [2.75, 3.05) is 0 Å². The number of aliphatic hydroxyl groups is 1. The second-order valence-electron chi connectivity index (χ2n) is 5.94. The van der Waals surface area contributed by atoms with Crippen molar-refractivity contribution < 1.29 is 5.11 Å². The Morgan fingerprint density at radius 1 is 0.842 bits per heavy atom. The van der Waals surface area contributed by atoms with Crippen molar-refractivity contribution >= 4 is 0 Å². The molecule has 0 saturated heterocycles. The van der Waals surface area contributed by atoms with Gasteiger partial charge >= 0.3 is 0 Å². The average molecular weight is 250 g/mol. The van der Waals surface area contributed by atoms with E-state index in [9.17, 15) is 5.11 Å². The molecule has 2 aromatic carbocycles. The maximum atomic E-state index is 10.5. The van der Waals surface area contributed by atoms with E-state index >= 15 is 0 Å². The van der Waals surface area contributed by atoms with Crippen LogP contribution in [0.4, 0.5) is 0 Å². The average Bonchev–Trinajstić information content (AvgIpc) is 2.73. The third kappa shape index (κ3) is 1.73. The van der Waals surface area contributed by atoms with Crippen LogP contribution in [0.3, 0.4) is 0 Å². The number of hydrogen-bond acceptors (Lipinski definition) is 1. The van der Waals surface area contributed by atoms with Crippen LogP contribution < -0.4 is 0 Å². The Morgan fingerprint density at radius 2 is 1.47 bits per heavy atom. The van der Waals surface area contributed by atoms with Gasteiger partial charge in [0.15, 0.2) is 0 Å². The van der Waals surface area contributed by atoms with Crippen LogP contribution in [-0.4, -0.2) is 5.11 Å². The van der Waals surface area contributed by atoms with Crippen LogP contribution in [0.5, 0.6) is 0 Å². The summed E-state index contributed by atoms with van der Waals surface area (Å²) in [5, 5.41) is 10.5. The number of aliphatic hydroxyl groups excluding tert-OH is 1. The van der Waals surface area contributed by atoms with Crippen molar-refractivity contribution in [3.05, 3.63) is 70.8 Å². The summed E-state index contributed by atoms with van der Waals surface area (Å²) in [6, 6.07) is 17.1. The molecule has 96 valence electrons. The van der Waals surface area contributed by atoms with Crippen LogP contribution in [0.25, 0.3) is 0 Å². The molecule has 1 nitrogen and oxygen atoms in total. The van der Waals surface area contributed by atoms with Gasteiger partial charge in [0.05, 0.1) is 6.10 Å². The van der Waals surface area contributed by atoms with Gasteiger partial charge in [-0.25, -0.2) is 0 Å². The quantitative estimate of drug-likeness (QED) is 0.863. The predicted octanol–water partition coefficient (Wildman–Crippen LogP) is 3.62. The summed E-state index contributed by atoms with van der Waals surface area (Å²) in [7, 11) is 0. The fourth-order valence-corrected chi connectivity index (χ4v) is 3.81. The summed E-state index contributed by atoms with van der Waals surface area (Å²) in [4.78, 5) is 0. The van der Waals surface area contributed by atoms with Gasteiger partial charge in [-0.2, -0.15) is 0 Å². The molecule has 0 fully saturated rings. The molecule has 0 aromatic heterocycles. The first kappa shape index (κ1) is 11.2. The van der Waals surface area contributed by atoms with Crippen molar-refractivity contribution in [3.8, 4) is 0 Å². The second-order valence-corrected chi connectivity index (χ2v) is 5.94. The highest BCUT2D eigenvalue weighted by Crippen LogP contribution is 2.45. The topological polar surface area (TPSA) is 20.2 Å². The first-order chi connectivity index (χ1) is 9.33. The van der Waals surface area contributed by atoms with Gasteiger partial charge in [0.1, 0.15) is 0 Å². The SMILES string of the molecule is OC1c2ccccc2CC1CC1Cc2ccccc21. The van der Waals surface area contributed by atoms with Gasteiger partial charge in [-0.1, -0.05) is 48.5 Å². The lowest BCUT2D eigenvalue weighted by Crippen LogP contribution is -2.21. The van der Waals surface area contributed by atoms with E-state index in [0.717, 1.165) is 18.4 Å². The Hall–Kier alpha value is -1.60. The van der Waals surface area contributed by atoms with Crippen LogP contribution in [0.2, 0.25) is 0 Å². The Labute approximate surface area is 113 Å². The minimum Gasteiger partial charge on any atom is -0.388 e. The van der Waals surface area contributed by atoms with Gasteiger partial charge in [0.25, 0.3) is 0 Å². The van der Waals surface area contributed by atoms with E-state index in [-0.39, 0.29) is 6.10 Å². The zero-order valence-electron chi connectivity index (χ0n) is 10.9. The lowest BCUT2D eigenvalue weighted by Gasteiger charge is -2.33. The summed E-state index contributed by atoms with van der Waals surface area (Å²) in [6.07, 6.45) is 3.09. The maximum Gasteiger partial charge on any atom is 0.0824 e. The Balaban J connectivity index is 1.52. The molecular formula is C18H18O. The van der Waals surface area contributed by atoms with Gasteiger partial charge in [-0.05, 0) is 53.4 Å². The second kappa shape index (κ2) is 4.21. The van der Waals surface area contributed by atoms with Crippen molar-refractivity contribution in [1.82, 2.24) is 0 Å². The zero-order chi connectivity index (χ0) is 12.8. The molecule has 4 rings (SSSR count). The molecule has 0 bridgehead atoms. The lowest BCUT2D eigenvalue weighted by molar-refractivity contribution is 0.112. The molecule has 0 radical (unpaired) electrons. The van der Waals surface area contributed by atoms with E-state index in [1.165, 1.54) is 23.1 Å². The number of rotatable bonds is 2. The molecule has 1 heteroatoms. The van der Waals surface area contributed by atoms with E-state index < -0.39 is 0 Å². The minimum atomic E-state index is -0.260. The Morgan fingerprint density at radius 3 is 2.16 bits per heavy atom. The third-order valence-electron chi connectivity index (χ3n) is 4.85. The van der Waals surface area contributed by atoms with Crippen LogP contribution in [-0.2, 0) is 12.8 Å². The minimum absolute atomic E-state index is 0.260. The van der Waals surface area contributed by atoms with E-state index in [4.69, 9.17) is 0 Å². The molecule has 3 atom stereocenters. The van der Waals surface area contributed by atoms with E-state index in [1.54, 1.807) is 0 Å². The molecule has 19 heavy (non-hydrogen) atoms. The van der Waals surface area contributed by atoms with E-state index in [2.05, 4.69) is 42.5 Å². The molecule has 0 saturated carbocycles. The van der Waals surface area contributed by atoms with Gasteiger partial charge in [-0.15, -0.1) is 0 Å². The van der Waals surface area contributed by atoms with Crippen LogP contribution in [0, 0.1) is 5.92 Å². The van der Waals surface area contributed by atoms with Gasteiger partial charge in [0.2, 0.25) is 0 Å². The van der Waals surface area contributed by atoms with Crippen molar-refractivity contribution in [2.45, 2.75) is 31.3 Å². The molecule has 3 unspecified atom stereocenters. The highest BCUT2D eigenvalue weighted by atomic mass is 16.3. The summed E-state index contributed by atoms with van der Waals surface area (Å²) >= 11 is 0. The largest absolute Gasteiger partial charge is 0.388 e. The molecule has 0 amide bonds. The molecule has 2 aliphatic carbocycles. The molecule has 0 aliphatic heterocycles. The van der Waals surface area contributed by atoms with Crippen LogP contribution in [0.1, 0.15) is 40.7 Å². The predicted molar refractivity (Wildman–Crippen MR) is 76.1 cm³/mol. The molecule has 0 heterocycles. The third-order valence-corrected chi connectivity index (χ3v) is 4.85. The number of benzene rings is 2. The maximum absolute atomic E-state index is 10.5. The number of hydrogen-bond donors (Lipinski definition) is 1. The van der Waals surface area contributed by atoms with E-state index in [1.807, 2.05) is 6.07 Å². The molecular weight excluding hydrogens is 232 g/mol. The lowest BCUT2D eigenvalue weighted by atomic mass is 9.72. The molecule has 0 spiro atoms. The van der Waals surface area contributed by atoms with Gasteiger partial charge in [0, 0.05) is 0 Å². The summed E-state index contributed by atoms with van der Waals surface area (Å²) in [5.41, 5.74) is 5.50. The van der Waals surface area contributed by atoms with Crippen LogP contribution in [0.15, 0.2) is 48.5 Å². The smallest absolute Gasteiger partial charge is 0.0824 e. The fraction of sp³-hybridized carbons (Fsp3) is 0.333. The van der Waals surface area contributed by atoms with Gasteiger partial charge in [-0.3, -0.25) is 0 Å². The Bertz CT molecular complexity index is 617. The number of fused-ring (bicyclic) bond motifs is 2. The first-order valence-electron chi connectivity index (χ1n) is 7.16. The van der Waals surface area contributed by atoms with Crippen LogP contribution >= 0.6 is 0 Å².